The number of amides is 2. The summed E-state index contributed by atoms with van der Waals surface area (Å²) in [5.74, 6) is -1.58. The first kappa shape index (κ1) is 11.2. The lowest BCUT2D eigenvalue weighted by atomic mass is 10.1. The zero-order valence-corrected chi connectivity index (χ0v) is 8.06. The van der Waals surface area contributed by atoms with Crippen molar-refractivity contribution in [2.45, 2.75) is 12.6 Å². The molecule has 1 aliphatic heterocycles. The Balaban J connectivity index is 2.84. The number of hydrogen-bond acceptors (Lipinski definition) is 4. The number of nitrogens with two attached hydrogens (primary N) is 1. The van der Waals surface area contributed by atoms with Gasteiger partial charge in [0, 0.05) is 6.20 Å². The second-order valence-electron chi connectivity index (χ2n) is 3.19. The third-order valence-corrected chi connectivity index (χ3v) is 1.98. The van der Waals surface area contributed by atoms with Crippen LogP contribution in [0.5, 0.6) is 0 Å². The van der Waals surface area contributed by atoms with E-state index in [1.54, 1.807) is 0 Å². The molecule has 0 saturated carbocycles. The van der Waals surface area contributed by atoms with Crippen LogP contribution < -0.4 is 11.1 Å². The van der Waals surface area contributed by atoms with Crippen LogP contribution in [0.2, 0.25) is 0 Å². The molecule has 82 valence electrons. The molecule has 0 aromatic carbocycles. The van der Waals surface area contributed by atoms with E-state index in [-0.39, 0.29) is 0 Å². The molecule has 1 heterocycles. The first-order valence-corrected chi connectivity index (χ1v) is 4.15. The number of carbonyl (C=O) groups excluding carboxylic acids is 2. The molecule has 0 aromatic rings. The highest BCUT2D eigenvalue weighted by atomic mass is 16.4. The number of nitrogens with zero attached hydrogens (tertiary/aromatic N) is 1. The molecule has 15 heavy (non-hydrogen) atoms. The predicted molar refractivity (Wildman–Crippen MR) is 49.6 cm³/mol. The minimum atomic E-state index is -1.54. The molecule has 1 atom stereocenters. The van der Waals surface area contributed by atoms with Crippen molar-refractivity contribution in [1.82, 2.24) is 10.2 Å². The van der Waals surface area contributed by atoms with E-state index < -0.39 is 30.0 Å². The molecule has 0 aromatic heterocycles. The van der Waals surface area contributed by atoms with E-state index in [0.717, 1.165) is 4.90 Å². The molecule has 0 fully saturated rings. The second kappa shape index (κ2) is 3.70. The lowest BCUT2D eigenvalue weighted by molar-refractivity contribution is -0.137. The summed E-state index contributed by atoms with van der Waals surface area (Å²) in [4.78, 5) is 33.7. The van der Waals surface area contributed by atoms with Crippen molar-refractivity contribution in [3.63, 3.8) is 0 Å². The SMILES string of the molecule is CC(=O)C1(N)C=CN(CC(=O)O)C(=O)N1. The van der Waals surface area contributed by atoms with Crippen LogP contribution in [-0.2, 0) is 9.59 Å². The fourth-order valence-electron chi connectivity index (χ4n) is 1.04. The molecule has 1 rings (SSSR count). The topological polar surface area (TPSA) is 113 Å². The van der Waals surface area contributed by atoms with Gasteiger partial charge in [-0.2, -0.15) is 0 Å². The van der Waals surface area contributed by atoms with Gasteiger partial charge in [0.15, 0.2) is 11.4 Å². The summed E-state index contributed by atoms with van der Waals surface area (Å²) in [6, 6.07) is -0.711. The predicted octanol–water partition coefficient (Wildman–Crippen LogP) is -1.15. The maximum Gasteiger partial charge on any atom is 0.323 e. The summed E-state index contributed by atoms with van der Waals surface area (Å²) in [5.41, 5.74) is 4.01. The number of nitrogens with one attached hydrogen (secondary N) is 1. The average molecular weight is 213 g/mol. The molecule has 7 nitrogen and oxygen atoms in total. The van der Waals surface area contributed by atoms with Gasteiger partial charge in [-0.1, -0.05) is 0 Å². The van der Waals surface area contributed by atoms with Crippen molar-refractivity contribution < 1.29 is 19.5 Å². The molecular weight excluding hydrogens is 202 g/mol. The molecule has 1 unspecified atom stereocenters. The molecule has 0 aliphatic carbocycles. The number of carbonyl (C=O) groups is 3. The smallest absolute Gasteiger partial charge is 0.323 e. The molecule has 0 bridgehead atoms. The van der Waals surface area contributed by atoms with E-state index in [4.69, 9.17) is 10.8 Å². The lowest BCUT2D eigenvalue weighted by Crippen LogP contribution is -2.64. The molecule has 7 heteroatoms. The normalized spacial score (nSPS) is 24.9. The summed E-state index contributed by atoms with van der Waals surface area (Å²) in [6.07, 6.45) is 2.44. The largest absolute Gasteiger partial charge is 0.480 e. The molecule has 1 aliphatic rings. The molecule has 0 radical (unpaired) electrons. The van der Waals surface area contributed by atoms with Crippen LogP contribution in [0.25, 0.3) is 0 Å². The third-order valence-electron chi connectivity index (χ3n) is 1.98. The Labute approximate surface area is 85.5 Å². The number of carboxylic acids is 1. The number of Topliss-reactive ketones (excluding diaryl/α,β-unsaturated/α-hetero) is 1. The van der Waals surface area contributed by atoms with Gasteiger partial charge in [-0.15, -0.1) is 0 Å². The number of ketones is 1. The zero-order chi connectivity index (χ0) is 11.6. The highest BCUT2D eigenvalue weighted by Crippen LogP contribution is 2.09. The Kier molecular flexibility index (Phi) is 2.76. The Morgan fingerprint density at radius 2 is 2.27 bits per heavy atom. The van der Waals surface area contributed by atoms with Gasteiger partial charge in [0.2, 0.25) is 0 Å². The van der Waals surface area contributed by atoms with Crippen molar-refractivity contribution in [3.8, 4) is 0 Å². The van der Waals surface area contributed by atoms with E-state index in [9.17, 15) is 14.4 Å². The zero-order valence-electron chi connectivity index (χ0n) is 8.06. The van der Waals surface area contributed by atoms with Crippen molar-refractivity contribution in [2.75, 3.05) is 6.54 Å². The van der Waals surface area contributed by atoms with Crippen molar-refractivity contribution >= 4 is 17.8 Å². The molecule has 2 amide bonds. The van der Waals surface area contributed by atoms with Gasteiger partial charge >= 0.3 is 12.0 Å². The summed E-state index contributed by atoms with van der Waals surface area (Å²) in [6.45, 7) is 0.758. The number of hydrogen-bond donors (Lipinski definition) is 3. The fraction of sp³-hybridized carbons (Fsp3) is 0.375. The van der Waals surface area contributed by atoms with Crippen LogP contribution in [0.1, 0.15) is 6.92 Å². The molecule has 0 saturated heterocycles. The van der Waals surface area contributed by atoms with Gasteiger partial charge < -0.3 is 10.4 Å². The van der Waals surface area contributed by atoms with Crippen LogP contribution in [0, 0.1) is 0 Å². The maximum absolute atomic E-state index is 11.3. The minimum absolute atomic E-state index is 0.429. The van der Waals surface area contributed by atoms with Crippen molar-refractivity contribution in [3.05, 3.63) is 12.3 Å². The summed E-state index contributed by atoms with van der Waals surface area (Å²) >= 11 is 0. The first-order chi connectivity index (χ1) is 6.85. The van der Waals surface area contributed by atoms with E-state index in [1.165, 1.54) is 19.2 Å². The van der Waals surface area contributed by atoms with Crippen molar-refractivity contribution in [2.24, 2.45) is 5.73 Å². The Morgan fingerprint density at radius 1 is 1.67 bits per heavy atom. The van der Waals surface area contributed by atoms with Crippen LogP contribution in [0.4, 0.5) is 4.79 Å². The minimum Gasteiger partial charge on any atom is -0.480 e. The Hall–Kier alpha value is -1.89. The van der Waals surface area contributed by atoms with E-state index in [0.29, 0.717) is 0 Å². The van der Waals surface area contributed by atoms with Crippen LogP contribution in [0.15, 0.2) is 12.3 Å². The maximum atomic E-state index is 11.3. The molecular formula is C8H11N3O4. The van der Waals surface area contributed by atoms with Gasteiger partial charge in [0.25, 0.3) is 0 Å². The van der Waals surface area contributed by atoms with E-state index >= 15 is 0 Å². The summed E-state index contributed by atoms with van der Waals surface area (Å²) < 4.78 is 0. The van der Waals surface area contributed by atoms with E-state index in [1.807, 2.05) is 0 Å². The Bertz CT molecular complexity index is 352. The standard InChI is InChI=1S/C8H11N3O4/c1-5(12)8(9)2-3-11(4-6(13)14)7(15)10-8/h2-3H,4,9H2,1H3,(H,10,15)(H,13,14). The number of rotatable bonds is 3. The molecule has 0 spiro atoms. The fourth-order valence-corrected chi connectivity index (χ4v) is 1.04. The van der Waals surface area contributed by atoms with Gasteiger partial charge in [0.1, 0.15) is 6.54 Å². The van der Waals surface area contributed by atoms with Gasteiger partial charge in [0.05, 0.1) is 0 Å². The molecule has 4 N–H and O–H groups in total. The van der Waals surface area contributed by atoms with E-state index in [2.05, 4.69) is 5.32 Å². The van der Waals surface area contributed by atoms with Gasteiger partial charge in [-0.05, 0) is 13.0 Å². The van der Waals surface area contributed by atoms with Gasteiger partial charge in [-0.25, -0.2) is 4.79 Å². The number of urea groups is 1. The summed E-state index contributed by atoms with van der Waals surface area (Å²) in [5, 5.41) is 10.7. The third kappa shape index (κ3) is 2.32. The highest BCUT2D eigenvalue weighted by molar-refractivity contribution is 5.94. The average Bonchev–Trinajstić information content (AvgIpc) is 2.09. The first-order valence-electron chi connectivity index (χ1n) is 4.15. The summed E-state index contributed by atoms with van der Waals surface area (Å²) in [7, 11) is 0. The number of carboxylic acid groups (broad SMARTS) is 1. The van der Waals surface area contributed by atoms with Crippen LogP contribution in [-0.4, -0.2) is 40.0 Å². The van der Waals surface area contributed by atoms with Crippen LogP contribution >= 0.6 is 0 Å². The van der Waals surface area contributed by atoms with Gasteiger partial charge in [-0.3, -0.25) is 20.2 Å². The monoisotopic (exact) mass is 213 g/mol. The lowest BCUT2D eigenvalue weighted by Gasteiger charge is -2.32. The number of aliphatic carboxylic acids is 1. The Morgan fingerprint density at radius 3 is 2.67 bits per heavy atom. The second-order valence-corrected chi connectivity index (χ2v) is 3.19. The highest BCUT2D eigenvalue weighted by Gasteiger charge is 2.35. The quantitative estimate of drug-likeness (QED) is 0.548. The van der Waals surface area contributed by atoms with Crippen LogP contribution in [0.3, 0.4) is 0 Å². The van der Waals surface area contributed by atoms with Crippen molar-refractivity contribution in [1.29, 1.82) is 0 Å².